The molecule has 2 aromatic carbocycles. The highest BCUT2D eigenvalue weighted by Gasteiger charge is 2.41. The van der Waals surface area contributed by atoms with Gasteiger partial charge in [-0.1, -0.05) is 64.1 Å². The number of aliphatic imine (C=N–C) groups is 1. The molecule has 2 saturated heterocycles. The lowest BCUT2D eigenvalue weighted by Crippen LogP contribution is -2.61. The second kappa shape index (κ2) is 32.0. The molecule has 2 aromatic rings. The Hall–Kier alpha value is -8.19. The van der Waals surface area contributed by atoms with E-state index in [0.29, 0.717) is 11.1 Å². The third-order valence-corrected chi connectivity index (χ3v) is 14.8. The number of rotatable bonds is 21. The van der Waals surface area contributed by atoms with E-state index in [-0.39, 0.29) is 74.8 Å². The second-order valence-corrected chi connectivity index (χ2v) is 21.4. The van der Waals surface area contributed by atoms with Crippen LogP contribution in [0.1, 0.15) is 63.0 Å². The topological polar surface area (TPSA) is 493 Å². The average molecular weight is 1160 g/mol. The van der Waals surface area contributed by atoms with Crippen LogP contribution in [0.3, 0.4) is 0 Å². The van der Waals surface area contributed by atoms with Crippen LogP contribution in [0, 0.1) is 0 Å². The number of guanidine groups is 1. The van der Waals surface area contributed by atoms with Crippen LogP contribution in [0.15, 0.2) is 59.6 Å². The van der Waals surface area contributed by atoms with Crippen molar-refractivity contribution in [3.05, 3.63) is 65.7 Å². The van der Waals surface area contributed by atoms with Gasteiger partial charge < -0.3 is 86.9 Å². The van der Waals surface area contributed by atoms with Gasteiger partial charge >= 0.3 is 0 Å². The summed E-state index contributed by atoms with van der Waals surface area (Å²) in [6.07, 6.45) is -1.72. The summed E-state index contributed by atoms with van der Waals surface area (Å²) < 4.78 is 0. The Morgan fingerprint density at radius 2 is 1.29 bits per heavy atom. The van der Waals surface area contributed by atoms with E-state index >= 15 is 0 Å². The van der Waals surface area contributed by atoms with Crippen LogP contribution >= 0.6 is 21.6 Å². The molecule has 4 rings (SSSR count). The minimum absolute atomic E-state index is 0.0232. The van der Waals surface area contributed by atoms with Crippen molar-refractivity contribution in [1.82, 2.24) is 47.4 Å². The van der Waals surface area contributed by atoms with Gasteiger partial charge in [0.2, 0.25) is 70.9 Å². The number of hydrogen-bond donors (Lipinski definition) is 15. The molecule has 12 amide bonds. The summed E-state index contributed by atoms with van der Waals surface area (Å²) in [4.78, 5) is 168. The number of carbonyl (C=O) groups is 12. The number of hydrogen-bond acceptors (Lipinski definition) is 17. The zero-order chi connectivity index (χ0) is 59.1. The van der Waals surface area contributed by atoms with Gasteiger partial charge in [-0.05, 0) is 62.3 Å². The number of phenols is 1. The number of likely N-dealkylation sites (tertiary alicyclic amines) is 1. The molecule has 0 spiro atoms. The quantitative estimate of drug-likeness (QED) is 0.0240. The maximum atomic E-state index is 14.8. The maximum Gasteiger partial charge on any atom is 0.246 e. The van der Waals surface area contributed by atoms with Gasteiger partial charge in [-0.25, -0.2) is 0 Å². The van der Waals surface area contributed by atoms with Crippen LogP contribution in [0.5, 0.6) is 5.75 Å². The molecule has 9 atom stereocenters. The number of nitrogens with zero attached hydrogens (tertiary/aromatic N) is 2. The van der Waals surface area contributed by atoms with Crippen molar-refractivity contribution in [3.63, 3.8) is 0 Å². The first-order valence-corrected chi connectivity index (χ1v) is 27.8. The largest absolute Gasteiger partial charge is 0.508 e. The van der Waals surface area contributed by atoms with Crippen LogP contribution in [-0.4, -0.2) is 172 Å². The van der Waals surface area contributed by atoms with E-state index in [0.717, 1.165) is 26.5 Å². The first-order chi connectivity index (χ1) is 37.9. The van der Waals surface area contributed by atoms with E-state index in [1.807, 2.05) is 0 Å². The summed E-state index contributed by atoms with van der Waals surface area (Å²) in [6, 6.07) is 0.888. The number of nitrogens with two attached hydrogens (primary N) is 6. The minimum Gasteiger partial charge on any atom is -0.508 e. The van der Waals surface area contributed by atoms with Gasteiger partial charge in [-0.2, -0.15) is 0 Å². The molecule has 2 aliphatic heterocycles. The monoisotopic (exact) mass is 1150 g/mol. The number of aromatic hydroxyl groups is 1. The summed E-state index contributed by atoms with van der Waals surface area (Å²) in [6.45, 7) is 0.844. The molecule has 21 N–H and O–H groups in total. The molecule has 80 heavy (non-hydrogen) atoms. The molecule has 436 valence electrons. The molecule has 31 heteroatoms. The van der Waals surface area contributed by atoms with Gasteiger partial charge in [0, 0.05) is 43.9 Å². The van der Waals surface area contributed by atoms with Crippen LogP contribution in [0.25, 0.3) is 0 Å². The molecule has 4 unspecified atom stereocenters. The number of nitrogens with one attached hydrogen (secondary N) is 8. The lowest BCUT2D eigenvalue weighted by Gasteiger charge is -2.31. The highest BCUT2D eigenvalue weighted by Crippen LogP contribution is 2.26. The fourth-order valence-electron chi connectivity index (χ4n) is 8.20. The molecular formula is C49H70N16O13S2. The van der Waals surface area contributed by atoms with E-state index in [4.69, 9.17) is 34.4 Å². The minimum atomic E-state index is -1.84. The fraction of sp³-hybridized carbons (Fsp3) is 0.490. The molecule has 0 bridgehead atoms. The van der Waals surface area contributed by atoms with Gasteiger partial charge in [0.25, 0.3) is 0 Å². The molecule has 29 nitrogen and oxygen atoms in total. The third-order valence-electron chi connectivity index (χ3n) is 12.3. The molecule has 2 fully saturated rings. The summed E-state index contributed by atoms with van der Waals surface area (Å²) in [5.41, 5.74) is 33.9. The van der Waals surface area contributed by atoms with Crippen molar-refractivity contribution in [1.29, 1.82) is 0 Å². The van der Waals surface area contributed by atoms with Gasteiger partial charge in [-0.15, -0.1) is 0 Å². The van der Waals surface area contributed by atoms with Crippen molar-refractivity contribution < 1.29 is 62.6 Å². The number of benzene rings is 2. The lowest BCUT2D eigenvalue weighted by molar-refractivity contribution is -0.142. The predicted molar refractivity (Wildman–Crippen MR) is 293 cm³/mol. The zero-order valence-corrected chi connectivity index (χ0v) is 45.4. The number of primary amides is 3. The lowest BCUT2D eigenvalue weighted by atomic mass is 10.0. The van der Waals surface area contributed by atoms with Crippen LogP contribution < -0.4 is 76.9 Å². The van der Waals surface area contributed by atoms with Crippen LogP contribution in [-0.2, 0) is 70.4 Å². The van der Waals surface area contributed by atoms with Gasteiger partial charge in [0.15, 0.2) is 5.96 Å². The Kier molecular flexibility index (Phi) is 25.8. The third kappa shape index (κ3) is 21.6. The zero-order valence-electron chi connectivity index (χ0n) is 43.8. The van der Waals surface area contributed by atoms with Crippen LogP contribution in [0.2, 0.25) is 0 Å². The van der Waals surface area contributed by atoms with Crippen molar-refractivity contribution in [2.24, 2.45) is 39.4 Å². The Labute approximate surface area is 467 Å². The molecule has 2 aliphatic rings. The van der Waals surface area contributed by atoms with Crippen LogP contribution in [0.4, 0.5) is 0 Å². The van der Waals surface area contributed by atoms with Gasteiger partial charge in [0.05, 0.1) is 19.0 Å². The summed E-state index contributed by atoms with van der Waals surface area (Å²) in [5, 5.41) is 30.3. The average Bonchev–Trinajstić information content (AvgIpc) is 3.90. The van der Waals surface area contributed by atoms with E-state index < -0.39 is 151 Å². The van der Waals surface area contributed by atoms with Crippen molar-refractivity contribution in [2.75, 3.05) is 31.1 Å². The Morgan fingerprint density at radius 1 is 0.713 bits per heavy atom. The first kappa shape index (κ1) is 64.3. The molecule has 0 aromatic heterocycles. The van der Waals surface area contributed by atoms with E-state index in [1.165, 1.54) is 31.2 Å². The van der Waals surface area contributed by atoms with E-state index in [2.05, 4.69) is 47.5 Å². The highest BCUT2D eigenvalue weighted by molar-refractivity contribution is 8.76. The SMILES string of the molecule is C[C@H](N)C(=O)NC1CSSC[C@@H](C(=O)N2CCCC2C(=O)N[C@@H](CCCN=C(N)N)C(=O)NCC(N)=O)NC(=O)C(CC(N)=O)NC(=O)[C@H](CCC(N)=O)NC(=O)[C@H](Cc2ccccc2)NC(=O)C(Cc2ccc(O)cc2)NC1=O. The number of phenolic OH excluding ortho intramolecular Hbond substituents is 1. The highest BCUT2D eigenvalue weighted by atomic mass is 33.1. The summed E-state index contributed by atoms with van der Waals surface area (Å²) in [5.74, 6) is -12.0. The smallest absolute Gasteiger partial charge is 0.246 e. The molecule has 0 radical (unpaired) electrons. The first-order valence-electron chi connectivity index (χ1n) is 25.3. The number of carbonyl (C=O) groups excluding carboxylic acids is 12. The Morgan fingerprint density at radius 3 is 1.89 bits per heavy atom. The van der Waals surface area contributed by atoms with Crippen molar-refractivity contribution in [3.8, 4) is 5.75 Å². The molecule has 2 heterocycles. The van der Waals surface area contributed by atoms with E-state index in [1.54, 1.807) is 30.3 Å². The standard InChI is InChI=1S/C49H70N16O13S2/c1-25(50)40(70)63-34-23-79-80-24-35(48(78)65-18-6-10-36(65)47(77)59-29(9-5-17-56-49(54)55)41(71)57-22-39(53)69)64-45(75)33(21-38(52)68)62-42(72)30(15-16-37(51)67)58-43(73)31(19-26-7-3-2-4-8-26)60-44(74)32(61-46(34)76)20-27-11-13-28(66)14-12-27/h2-4,7-8,11-14,25,29-36,66H,5-6,9-10,15-24,50H2,1H3,(H2,51,67)(H2,52,68)(H2,53,69)(H,57,71)(H,58,73)(H,59,77)(H,60,74)(H,61,76)(H,62,72)(H,63,70)(H,64,75)(H4,54,55,56)/t25-,29-,30-,31-,32?,33?,34?,35-,36?/m0/s1. The normalized spacial score (nSPS) is 22.2. The van der Waals surface area contributed by atoms with E-state index in [9.17, 15) is 62.6 Å². The summed E-state index contributed by atoms with van der Waals surface area (Å²) >= 11 is 0. The maximum absolute atomic E-state index is 14.8. The van der Waals surface area contributed by atoms with Gasteiger partial charge in [0.1, 0.15) is 54.1 Å². The number of amides is 12. The van der Waals surface area contributed by atoms with Crippen molar-refractivity contribution in [2.45, 2.75) is 119 Å². The Bertz CT molecular complexity index is 2590. The molecule has 0 saturated carbocycles. The predicted octanol–water partition coefficient (Wildman–Crippen LogP) is -5.90. The molecular weight excluding hydrogens is 1080 g/mol. The van der Waals surface area contributed by atoms with Crippen molar-refractivity contribution >= 4 is 98.4 Å². The van der Waals surface area contributed by atoms with Gasteiger partial charge in [-0.3, -0.25) is 62.5 Å². The summed E-state index contributed by atoms with van der Waals surface area (Å²) in [7, 11) is 1.85. The second-order valence-electron chi connectivity index (χ2n) is 18.8. The molecule has 0 aliphatic carbocycles. The fourth-order valence-corrected chi connectivity index (χ4v) is 10.5. The Balaban J connectivity index is 1.79.